The molecule has 1 heterocycles. The minimum atomic E-state index is -0.278. The van der Waals surface area contributed by atoms with Gasteiger partial charge in [-0.05, 0) is 32.6 Å². The quantitative estimate of drug-likeness (QED) is 0.735. The maximum absolute atomic E-state index is 12.6. The van der Waals surface area contributed by atoms with Crippen LogP contribution in [0.25, 0.3) is 0 Å². The molecule has 1 fully saturated rings. The second-order valence-electron chi connectivity index (χ2n) is 6.91. The van der Waals surface area contributed by atoms with E-state index in [1.807, 2.05) is 0 Å². The largest absolute Gasteiger partial charge is 0.301 e. The van der Waals surface area contributed by atoms with E-state index >= 15 is 0 Å². The lowest BCUT2D eigenvalue weighted by Gasteiger charge is -2.25. The van der Waals surface area contributed by atoms with Crippen molar-refractivity contribution in [1.82, 2.24) is 4.98 Å². The van der Waals surface area contributed by atoms with Crippen LogP contribution >= 0.6 is 11.3 Å². The first-order valence-corrected chi connectivity index (χ1v) is 9.60. The van der Waals surface area contributed by atoms with Gasteiger partial charge >= 0.3 is 0 Å². The Morgan fingerprint density at radius 2 is 2.00 bits per heavy atom. The van der Waals surface area contributed by atoms with Crippen LogP contribution in [0.15, 0.2) is 0 Å². The molecule has 1 saturated carbocycles. The van der Waals surface area contributed by atoms with Crippen LogP contribution < -0.4 is 5.32 Å². The van der Waals surface area contributed by atoms with Crippen molar-refractivity contribution in [2.24, 2.45) is 5.41 Å². The third-order valence-electron chi connectivity index (χ3n) is 5.18. The molecule has 0 spiro atoms. The third kappa shape index (κ3) is 3.89. The van der Waals surface area contributed by atoms with E-state index in [1.54, 1.807) is 11.3 Å². The summed E-state index contributed by atoms with van der Waals surface area (Å²) in [6.45, 7) is 8.43. The van der Waals surface area contributed by atoms with Gasteiger partial charge in [-0.15, -0.1) is 11.3 Å². The summed E-state index contributed by atoms with van der Waals surface area (Å²) in [6.07, 6.45) is 9.31. The van der Waals surface area contributed by atoms with Gasteiger partial charge in [0.2, 0.25) is 5.91 Å². The van der Waals surface area contributed by atoms with Gasteiger partial charge in [-0.25, -0.2) is 4.98 Å². The van der Waals surface area contributed by atoms with Gasteiger partial charge in [-0.3, -0.25) is 4.79 Å². The van der Waals surface area contributed by atoms with E-state index in [0.717, 1.165) is 24.4 Å². The smallest absolute Gasteiger partial charge is 0.232 e. The van der Waals surface area contributed by atoms with E-state index in [0.29, 0.717) is 5.92 Å². The molecule has 2 rings (SSSR count). The van der Waals surface area contributed by atoms with E-state index in [4.69, 9.17) is 4.98 Å². The first-order valence-electron chi connectivity index (χ1n) is 8.79. The highest BCUT2D eigenvalue weighted by Crippen LogP contribution is 2.37. The highest BCUT2D eigenvalue weighted by Gasteiger charge is 2.31. The molecular formula is C18H30N2OS. The zero-order chi connectivity index (χ0) is 16.2. The molecule has 1 N–H and O–H groups in total. The van der Waals surface area contributed by atoms with Crippen LogP contribution in [0.1, 0.15) is 88.6 Å². The fourth-order valence-corrected chi connectivity index (χ4v) is 4.36. The van der Waals surface area contributed by atoms with Crippen LogP contribution in [0, 0.1) is 12.3 Å². The predicted octanol–water partition coefficient (Wildman–Crippen LogP) is 5.65. The van der Waals surface area contributed by atoms with Gasteiger partial charge in [0.05, 0.1) is 5.69 Å². The molecule has 1 aliphatic carbocycles. The van der Waals surface area contributed by atoms with Gasteiger partial charge < -0.3 is 5.32 Å². The Bertz CT molecular complexity index is 505. The number of aromatic nitrogens is 1. The van der Waals surface area contributed by atoms with E-state index in [1.165, 1.54) is 42.7 Å². The number of nitrogens with zero attached hydrogens (tertiary/aromatic N) is 1. The number of hydrogen-bond donors (Lipinski definition) is 1. The summed E-state index contributed by atoms with van der Waals surface area (Å²) in [6, 6.07) is 0. The number of carbonyl (C=O) groups is 1. The Labute approximate surface area is 138 Å². The number of thiazole rings is 1. The first-order chi connectivity index (χ1) is 10.5. The minimum Gasteiger partial charge on any atom is -0.301 e. The number of anilines is 1. The van der Waals surface area contributed by atoms with Crippen LogP contribution in [-0.2, 0) is 4.79 Å². The van der Waals surface area contributed by atoms with E-state index < -0.39 is 0 Å². The van der Waals surface area contributed by atoms with Crippen molar-refractivity contribution in [3.05, 3.63) is 10.6 Å². The summed E-state index contributed by atoms with van der Waals surface area (Å²) in [5.41, 5.74) is 0.952. The van der Waals surface area contributed by atoms with E-state index in [9.17, 15) is 4.79 Å². The number of amides is 1. The van der Waals surface area contributed by atoms with Crippen molar-refractivity contribution < 1.29 is 4.79 Å². The average Bonchev–Trinajstić information content (AvgIpc) is 2.88. The van der Waals surface area contributed by atoms with Crippen molar-refractivity contribution >= 4 is 22.4 Å². The number of nitrogens with one attached hydrogen (secondary N) is 1. The Morgan fingerprint density at radius 1 is 1.32 bits per heavy atom. The molecule has 1 aromatic heterocycles. The fourth-order valence-electron chi connectivity index (χ4n) is 3.47. The molecule has 1 amide bonds. The molecule has 22 heavy (non-hydrogen) atoms. The lowest BCUT2D eigenvalue weighted by molar-refractivity contribution is -0.125. The highest BCUT2D eigenvalue weighted by molar-refractivity contribution is 7.15. The first kappa shape index (κ1) is 17.5. The van der Waals surface area contributed by atoms with Crippen molar-refractivity contribution in [3.63, 3.8) is 0 Å². The minimum absolute atomic E-state index is 0.126. The molecule has 4 heteroatoms. The maximum atomic E-state index is 12.6. The van der Waals surface area contributed by atoms with Crippen LogP contribution in [0.2, 0.25) is 0 Å². The Hall–Kier alpha value is -0.900. The molecule has 0 radical (unpaired) electrons. The summed E-state index contributed by atoms with van der Waals surface area (Å²) in [5.74, 6) is 0.727. The van der Waals surface area contributed by atoms with Gasteiger partial charge in [-0.1, -0.05) is 46.5 Å². The monoisotopic (exact) mass is 322 g/mol. The number of hydrogen-bond acceptors (Lipinski definition) is 3. The van der Waals surface area contributed by atoms with Crippen molar-refractivity contribution in [1.29, 1.82) is 0 Å². The normalized spacial score (nSPS) is 18.9. The molecule has 0 bridgehead atoms. The topological polar surface area (TPSA) is 42.0 Å². The number of carbonyl (C=O) groups excluding carboxylic acids is 1. The summed E-state index contributed by atoms with van der Waals surface area (Å²) < 4.78 is 0. The lowest BCUT2D eigenvalue weighted by atomic mass is 9.82. The molecule has 3 nitrogen and oxygen atoms in total. The van der Waals surface area contributed by atoms with Gasteiger partial charge in [0.15, 0.2) is 5.13 Å². The van der Waals surface area contributed by atoms with Gasteiger partial charge in [-0.2, -0.15) is 0 Å². The van der Waals surface area contributed by atoms with Crippen LogP contribution in [0.4, 0.5) is 5.13 Å². The molecule has 0 saturated heterocycles. The van der Waals surface area contributed by atoms with Crippen molar-refractivity contribution in [2.75, 3.05) is 5.32 Å². The van der Waals surface area contributed by atoms with E-state index in [-0.39, 0.29) is 11.3 Å². The zero-order valence-corrected chi connectivity index (χ0v) is 15.3. The van der Waals surface area contributed by atoms with Gasteiger partial charge in [0, 0.05) is 16.2 Å². The Morgan fingerprint density at radius 3 is 2.59 bits per heavy atom. The van der Waals surface area contributed by atoms with Crippen LogP contribution in [-0.4, -0.2) is 10.9 Å². The summed E-state index contributed by atoms with van der Waals surface area (Å²) in [4.78, 5) is 18.6. The summed E-state index contributed by atoms with van der Waals surface area (Å²) in [7, 11) is 0. The molecule has 1 aromatic rings. The third-order valence-corrected chi connectivity index (χ3v) is 6.08. The molecule has 0 aromatic carbocycles. The molecule has 1 unspecified atom stereocenters. The standard InChI is InChI=1S/C18H30N2OS/c1-5-12-18(4,6-2)16(21)20-17-19-15(13(3)22-17)14-10-8-7-9-11-14/h14H,5-12H2,1-4H3,(H,19,20,21). The van der Waals surface area contributed by atoms with Crippen molar-refractivity contribution in [2.45, 2.75) is 85.0 Å². The summed E-state index contributed by atoms with van der Waals surface area (Å²) in [5, 5.41) is 3.88. The second-order valence-corrected chi connectivity index (χ2v) is 8.12. The zero-order valence-electron chi connectivity index (χ0n) is 14.5. The van der Waals surface area contributed by atoms with Gasteiger partial charge in [0.25, 0.3) is 0 Å². The lowest BCUT2D eigenvalue weighted by Crippen LogP contribution is -2.32. The average molecular weight is 323 g/mol. The SMILES string of the molecule is CCCC(C)(CC)C(=O)Nc1nc(C2CCCCC2)c(C)s1. The maximum Gasteiger partial charge on any atom is 0.232 e. The van der Waals surface area contributed by atoms with Gasteiger partial charge in [0.1, 0.15) is 0 Å². The van der Waals surface area contributed by atoms with E-state index in [2.05, 4.69) is 33.0 Å². The molecule has 124 valence electrons. The number of aryl methyl sites for hydroxylation is 1. The molecular weight excluding hydrogens is 292 g/mol. The number of rotatable bonds is 6. The predicted molar refractivity (Wildman–Crippen MR) is 94.6 cm³/mol. The van der Waals surface area contributed by atoms with Crippen LogP contribution in [0.5, 0.6) is 0 Å². The second kappa shape index (κ2) is 7.58. The van der Waals surface area contributed by atoms with Crippen LogP contribution in [0.3, 0.4) is 0 Å². The highest BCUT2D eigenvalue weighted by atomic mass is 32.1. The summed E-state index contributed by atoms with van der Waals surface area (Å²) >= 11 is 1.64. The molecule has 1 aliphatic rings. The molecule has 1 atom stereocenters. The Balaban J connectivity index is 2.08. The van der Waals surface area contributed by atoms with Crippen molar-refractivity contribution in [3.8, 4) is 0 Å². The Kier molecular flexibility index (Phi) is 6.01. The molecule has 0 aliphatic heterocycles. The fraction of sp³-hybridized carbons (Fsp3) is 0.778.